The predicted molar refractivity (Wildman–Crippen MR) is 117 cm³/mol. The molecule has 0 saturated carbocycles. The molecule has 11 heteroatoms. The van der Waals surface area contributed by atoms with Crippen molar-refractivity contribution < 1.29 is 41.6 Å². The van der Waals surface area contributed by atoms with Crippen LogP contribution in [0.4, 0.5) is 18.9 Å². The van der Waals surface area contributed by atoms with E-state index in [1.165, 1.54) is 25.3 Å². The number of rotatable bonds is 4. The van der Waals surface area contributed by atoms with Crippen molar-refractivity contribution >= 4 is 16.7 Å². The van der Waals surface area contributed by atoms with Gasteiger partial charge in [-0.25, -0.2) is 4.79 Å². The molecule has 3 aromatic rings. The second-order valence-corrected chi connectivity index (χ2v) is 8.30. The largest absolute Gasteiger partial charge is 0.423 e. The quantitative estimate of drug-likeness (QED) is 0.534. The smallest absolute Gasteiger partial charge is 0.417 e. The topological polar surface area (TPSA) is 99.4 Å². The summed E-state index contributed by atoms with van der Waals surface area (Å²) in [4.78, 5) is 11.7. The Balaban J connectivity index is 1.41. The lowest BCUT2D eigenvalue weighted by Gasteiger charge is -2.47. The Morgan fingerprint density at radius 3 is 2.57 bits per heavy atom. The number of benzene rings is 2. The van der Waals surface area contributed by atoms with Gasteiger partial charge in [-0.3, -0.25) is 0 Å². The molecule has 2 aromatic carbocycles. The van der Waals surface area contributed by atoms with Crippen molar-refractivity contribution in [3.8, 4) is 0 Å². The number of aliphatic hydroxyl groups excluding tert-OH is 1. The number of hydrogen-bond donors (Lipinski definition) is 2. The number of alkyl halides is 3. The number of nitrogens with one attached hydrogen (secondary N) is 1. The lowest BCUT2D eigenvalue weighted by atomic mass is 9.95. The molecule has 2 fully saturated rings. The molecule has 0 radical (unpaired) electrons. The van der Waals surface area contributed by atoms with Gasteiger partial charge in [0.25, 0.3) is 0 Å². The number of halogens is 3. The van der Waals surface area contributed by atoms with E-state index in [1.807, 2.05) is 30.3 Å². The zero-order valence-corrected chi connectivity index (χ0v) is 18.4. The third kappa shape index (κ3) is 4.65. The lowest BCUT2D eigenvalue weighted by Crippen LogP contribution is -2.64. The molecule has 6 unspecified atom stereocenters. The van der Waals surface area contributed by atoms with E-state index in [0.717, 1.165) is 5.56 Å². The summed E-state index contributed by atoms with van der Waals surface area (Å²) in [6.45, 7) is 0.162. The van der Waals surface area contributed by atoms with E-state index in [-0.39, 0.29) is 17.6 Å². The standard InChI is InChI=1S/C24H22F3NO7/c1-31-23-19(20(30)21-17(34-23)11-32-22(35-21)12-5-3-2-4-6-12)28-13-7-8-14-15(24(25,26)27)10-18(29)33-16(14)9-13/h2-10,17,19-23,28,30H,11H2,1H3. The van der Waals surface area contributed by atoms with E-state index in [1.54, 1.807) is 0 Å². The molecule has 0 bridgehead atoms. The van der Waals surface area contributed by atoms with Gasteiger partial charge in [-0.05, 0) is 12.1 Å². The summed E-state index contributed by atoms with van der Waals surface area (Å²) in [5.41, 5.74) is -1.39. The second kappa shape index (κ2) is 9.25. The summed E-state index contributed by atoms with van der Waals surface area (Å²) >= 11 is 0. The third-order valence-corrected chi connectivity index (χ3v) is 6.05. The molecule has 5 rings (SSSR count). The number of anilines is 1. The molecular formula is C24H22F3NO7. The highest BCUT2D eigenvalue weighted by molar-refractivity contribution is 5.84. The third-order valence-electron chi connectivity index (χ3n) is 6.05. The van der Waals surface area contributed by atoms with Gasteiger partial charge in [-0.2, -0.15) is 13.2 Å². The number of aliphatic hydroxyl groups is 1. The summed E-state index contributed by atoms with van der Waals surface area (Å²) in [7, 11) is 1.40. The molecule has 8 nitrogen and oxygen atoms in total. The van der Waals surface area contributed by atoms with Crippen LogP contribution in [0.15, 0.2) is 63.8 Å². The SMILES string of the molecule is COC1OC2COC(c3ccccc3)OC2C(O)C1Nc1ccc2c(C(F)(F)F)cc(=O)oc2c1. The monoisotopic (exact) mass is 493 g/mol. The predicted octanol–water partition coefficient (Wildman–Crippen LogP) is 3.44. The first-order chi connectivity index (χ1) is 16.7. The molecule has 0 spiro atoms. The Morgan fingerprint density at radius 1 is 1.09 bits per heavy atom. The minimum atomic E-state index is -4.72. The van der Waals surface area contributed by atoms with Crippen molar-refractivity contribution in [2.24, 2.45) is 0 Å². The van der Waals surface area contributed by atoms with E-state index >= 15 is 0 Å². The van der Waals surface area contributed by atoms with Gasteiger partial charge in [0.05, 0.1) is 12.2 Å². The van der Waals surface area contributed by atoms with Crippen molar-refractivity contribution in [2.75, 3.05) is 19.0 Å². The molecule has 2 N–H and O–H groups in total. The van der Waals surface area contributed by atoms with Crippen LogP contribution in [0.1, 0.15) is 17.4 Å². The van der Waals surface area contributed by atoms with E-state index in [0.29, 0.717) is 11.8 Å². The number of methoxy groups -OCH3 is 1. The average Bonchev–Trinajstić information content (AvgIpc) is 2.84. The van der Waals surface area contributed by atoms with Crippen LogP contribution in [0.3, 0.4) is 0 Å². The van der Waals surface area contributed by atoms with Crippen LogP contribution in [-0.2, 0) is 25.1 Å². The second-order valence-electron chi connectivity index (χ2n) is 8.30. The van der Waals surface area contributed by atoms with Crippen molar-refractivity contribution in [3.05, 3.63) is 76.1 Å². The van der Waals surface area contributed by atoms with Gasteiger partial charge in [0.2, 0.25) is 0 Å². The molecule has 2 aliphatic heterocycles. The summed E-state index contributed by atoms with van der Waals surface area (Å²) in [5, 5.41) is 13.9. The first-order valence-corrected chi connectivity index (χ1v) is 10.8. The fourth-order valence-corrected chi connectivity index (χ4v) is 4.41. The van der Waals surface area contributed by atoms with E-state index in [9.17, 15) is 23.1 Å². The fourth-order valence-electron chi connectivity index (χ4n) is 4.41. The van der Waals surface area contributed by atoms with Crippen LogP contribution in [0.5, 0.6) is 0 Å². The van der Waals surface area contributed by atoms with Gasteiger partial charge in [0, 0.05) is 35.9 Å². The minimum Gasteiger partial charge on any atom is -0.423 e. The first-order valence-electron chi connectivity index (χ1n) is 10.8. The van der Waals surface area contributed by atoms with Crippen LogP contribution >= 0.6 is 0 Å². The van der Waals surface area contributed by atoms with Crippen LogP contribution in [-0.4, -0.2) is 49.5 Å². The summed E-state index contributed by atoms with van der Waals surface area (Å²) in [6, 6.07) is 12.6. The van der Waals surface area contributed by atoms with Gasteiger partial charge in [0.1, 0.15) is 29.9 Å². The van der Waals surface area contributed by atoms with Crippen LogP contribution in [0, 0.1) is 0 Å². The van der Waals surface area contributed by atoms with Gasteiger partial charge >= 0.3 is 11.8 Å². The van der Waals surface area contributed by atoms with Crippen molar-refractivity contribution in [3.63, 3.8) is 0 Å². The van der Waals surface area contributed by atoms with E-state index < -0.39 is 54.3 Å². The molecular weight excluding hydrogens is 471 g/mol. The first kappa shape index (κ1) is 23.8. The lowest BCUT2D eigenvalue weighted by molar-refractivity contribution is -0.337. The average molecular weight is 493 g/mol. The molecule has 35 heavy (non-hydrogen) atoms. The van der Waals surface area contributed by atoms with Crippen molar-refractivity contribution in [1.82, 2.24) is 0 Å². The highest BCUT2D eigenvalue weighted by atomic mass is 19.4. The van der Waals surface area contributed by atoms with Crippen molar-refractivity contribution in [1.29, 1.82) is 0 Å². The molecule has 2 saturated heterocycles. The summed E-state index contributed by atoms with van der Waals surface area (Å²) in [5.74, 6) is 0. The number of hydrogen-bond acceptors (Lipinski definition) is 8. The number of ether oxygens (including phenoxy) is 4. The molecule has 2 aliphatic rings. The Kier molecular flexibility index (Phi) is 6.28. The van der Waals surface area contributed by atoms with Crippen LogP contribution in [0.2, 0.25) is 0 Å². The zero-order valence-electron chi connectivity index (χ0n) is 18.4. The maximum Gasteiger partial charge on any atom is 0.417 e. The van der Waals surface area contributed by atoms with Crippen molar-refractivity contribution in [2.45, 2.75) is 43.1 Å². The van der Waals surface area contributed by atoms with Gasteiger partial charge in [-0.1, -0.05) is 30.3 Å². The summed E-state index contributed by atoms with van der Waals surface area (Å²) < 4.78 is 68.1. The Labute approximate surface area is 197 Å². The Bertz CT molecular complexity index is 1250. The summed E-state index contributed by atoms with van der Waals surface area (Å²) in [6.07, 6.45) is -8.84. The molecule has 186 valence electrons. The molecule has 1 aromatic heterocycles. The molecule has 3 heterocycles. The number of fused-ring (bicyclic) bond motifs is 2. The molecule has 0 aliphatic carbocycles. The van der Waals surface area contributed by atoms with E-state index in [2.05, 4.69) is 5.32 Å². The minimum absolute atomic E-state index is 0.162. The zero-order chi connectivity index (χ0) is 24.7. The maximum absolute atomic E-state index is 13.3. The van der Waals surface area contributed by atoms with Crippen LogP contribution in [0.25, 0.3) is 11.0 Å². The van der Waals surface area contributed by atoms with E-state index in [4.69, 9.17) is 23.4 Å². The normalized spacial score (nSPS) is 29.1. The highest BCUT2D eigenvalue weighted by Crippen LogP contribution is 2.37. The molecule has 0 amide bonds. The van der Waals surface area contributed by atoms with Gasteiger partial charge < -0.3 is 33.8 Å². The van der Waals surface area contributed by atoms with Crippen LogP contribution < -0.4 is 10.9 Å². The Morgan fingerprint density at radius 2 is 1.86 bits per heavy atom. The fraction of sp³-hybridized carbons (Fsp3) is 0.375. The van der Waals surface area contributed by atoms with Gasteiger partial charge in [-0.15, -0.1) is 0 Å². The van der Waals surface area contributed by atoms with Gasteiger partial charge in [0.15, 0.2) is 12.6 Å². The highest BCUT2D eigenvalue weighted by Gasteiger charge is 2.49. The maximum atomic E-state index is 13.3. The molecule has 6 atom stereocenters. The Hall–Kier alpha value is -2.96.